The monoisotopic (exact) mass is 323 g/mol. The van der Waals surface area contributed by atoms with E-state index >= 15 is 0 Å². The molecule has 16 heavy (non-hydrogen) atoms. The van der Waals surface area contributed by atoms with E-state index in [9.17, 15) is 8.42 Å². The van der Waals surface area contributed by atoms with Crippen LogP contribution in [0, 0.1) is 11.3 Å². The van der Waals surface area contributed by atoms with Gasteiger partial charge < -0.3 is 4.74 Å². The third-order valence-corrected chi connectivity index (χ3v) is 3.26. The van der Waals surface area contributed by atoms with Crippen LogP contribution in [0.5, 0.6) is 5.75 Å². The molecule has 0 saturated heterocycles. The summed E-state index contributed by atoms with van der Waals surface area (Å²) in [6.45, 7) is -0.0863. The Kier molecular flexibility index (Phi) is 4.59. The van der Waals surface area contributed by atoms with Crippen LogP contribution in [0.3, 0.4) is 0 Å². The minimum Gasteiger partial charge on any atom is -0.491 e. The van der Waals surface area contributed by atoms with E-state index in [-0.39, 0.29) is 12.4 Å². The van der Waals surface area contributed by atoms with Crippen molar-refractivity contribution in [3.05, 3.63) is 28.2 Å². The smallest absolute Gasteiger partial charge is 0.235 e. The van der Waals surface area contributed by atoms with E-state index in [1.54, 1.807) is 18.2 Å². The molecular formula is C9H7BrClNO3S. The molecule has 0 bridgehead atoms. The Bertz CT molecular complexity index is 524. The van der Waals surface area contributed by atoms with E-state index in [0.717, 1.165) is 4.47 Å². The van der Waals surface area contributed by atoms with E-state index in [0.29, 0.717) is 11.3 Å². The Hall–Kier alpha value is -0.770. The zero-order valence-electron chi connectivity index (χ0n) is 7.98. The summed E-state index contributed by atoms with van der Waals surface area (Å²) in [5.74, 6) is 0.0311. The van der Waals surface area contributed by atoms with Crippen LogP contribution in [0.25, 0.3) is 0 Å². The average Bonchev–Trinajstić information content (AvgIpc) is 2.16. The van der Waals surface area contributed by atoms with Gasteiger partial charge in [-0.05, 0) is 18.2 Å². The molecule has 0 aliphatic heterocycles. The molecule has 7 heteroatoms. The summed E-state index contributed by atoms with van der Waals surface area (Å²) in [5.41, 5.74) is 0.343. The molecule has 0 aliphatic carbocycles. The molecule has 1 aromatic rings. The highest BCUT2D eigenvalue weighted by Gasteiger charge is 2.08. The first-order valence-electron chi connectivity index (χ1n) is 4.17. The van der Waals surface area contributed by atoms with E-state index in [1.807, 2.05) is 6.07 Å². The molecule has 0 atom stereocenters. The van der Waals surface area contributed by atoms with E-state index in [1.165, 1.54) is 0 Å². The fourth-order valence-electron chi connectivity index (χ4n) is 0.959. The van der Waals surface area contributed by atoms with Crippen LogP contribution in [0.2, 0.25) is 0 Å². The van der Waals surface area contributed by atoms with E-state index in [4.69, 9.17) is 20.7 Å². The third kappa shape index (κ3) is 4.39. The number of hydrogen-bond acceptors (Lipinski definition) is 4. The van der Waals surface area contributed by atoms with Gasteiger partial charge in [0.1, 0.15) is 18.4 Å². The van der Waals surface area contributed by atoms with Crippen molar-refractivity contribution in [1.82, 2.24) is 0 Å². The number of benzene rings is 1. The van der Waals surface area contributed by atoms with Crippen LogP contribution in [-0.2, 0) is 9.05 Å². The molecule has 0 heterocycles. The normalized spacial score (nSPS) is 10.8. The first-order valence-corrected chi connectivity index (χ1v) is 7.44. The quantitative estimate of drug-likeness (QED) is 0.797. The maximum absolute atomic E-state index is 10.7. The predicted molar refractivity (Wildman–Crippen MR) is 64.0 cm³/mol. The van der Waals surface area contributed by atoms with E-state index in [2.05, 4.69) is 15.9 Å². The highest BCUT2D eigenvalue weighted by Crippen LogP contribution is 2.23. The van der Waals surface area contributed by atoms with Gasteiger partial charge in [-0.2, -0.15) is 5.26 Å². The second-order valence-corrected chi connectivity index (χ2v) is 6.66. The average molecular weight is 325 g/mol. The maximum atomic E-state index is 10.7. The Morgan fingerprint density at radius 3 is 2.75 bits per heavy atom. The third-order valence-electron chi connectivity index (χ3n) is 1.65. The molecule has 1 rings (SSSR count). The lowest BCUT2D eigenvalue weighted by Gasteiger charge is -2.06. The summed E-state index contributed by atoms with van der Waals surface area (Å²) in [6, 6.07) is 6.81. The van der Waals surface area contributed by atoms with Gasteiger partial charge in [-0.25, -0.2) is 8.42 Å². The minimum absolute atomic E-state index is 0.0863. The summed E-state index contributed by atoms with van der Waals surface area (Å²) in [5, 5.41) is 8.78. The first kappa shape index (κ1) is 13.3. The van der Waals surface area contributed by atoms with Crippen LogP contribution in [0.4, 0.5) is 0 Å². The summed E-state index contributed by atoms with van der Waals surface area (Å²) in [6.07, 6.45) is 0. The van der Waals surface area contributed by atoms with Crippen LogP contribution in [0.15, 0.2) is 22.7 Å². The van der Waals surface area contributed by atoms with Crippen molar-refractivity contribution in [3.63, 3.8) is 0 Å². The lowest BCUT2D eigenvalue weighted by Crippen LogP contribution is -2.09. The number of halogens is 2. The first-order chi connectivity index (χ1) is 7.42. The number of ether oxygens (including phenoxy) is 1. The molecule has 0 saturated carbocycles. The largest absolute Gasteiger partial charge is 0.491 e. The maximum Gasteiger partial charge on any atom is 0.235 e. The molecular weight excluding hydrogens is 318 g/mol. The zero-order chi connectivity index (χ0) is 12.2. The van der Waals surface area contributed by atoms with E-state index < -0.39 is 9.05 Å². The standard InChI is InChI=1S/C9H7BrClNO3S/c10-8-2-1-7(6-12)9(5-8)15-3-4-16(11,13)14/h1-2,5H,3-4H2. The van der Waals surface area contributed by atoms with Crippen molar-refractivity contribution in [2.75, 3.05) is 12.4 Å². The van der Waals surface area contributed by atoms with Crippen molar-refractivity contribution in [2.24, 2.45) is 0 Å². The molecule has 0 radical (unpaired) electrons. The number of nitriles is 1. The second-order valence-electron chi connectivity index (χ2n) is 2.84. The van der Waals surface area contributed by atoms with Crippen molar-refractivity contribution in [1.29, 1.82) is 5.26 Å². The highest BCUT2D eigenvalue weighted by molar-refractivity contribution is 9.10. The van der Waals surface area contributed by atoms with Gasteiger partial charge in [0.25, 0.3) is 0 Å². The number of rotatable bonds is 4. The summed E-state index contributed by atoms with van der Waals surface area (Å²) in [4.78, 5) is 0. The molecule has 0 unspecified atom stereocenters. The Morgan fingerprint density at radius 1 is 1.50 bits per heavy atom. The van der Waals surface area contributed by atoms with Crippen molar-refractivity contribution >= 4 is 35.7 Å². The molecule has 0 fully saturated rings. The van der Waals surface area contributed by atoms with Gasteiger partial charge in [-0.15, -0.1) is 0 Å². The summed E-state index contributed by atoms with van der Waals surface area (Å²) < 4.78 is 27.2. The Morgan fingerprint density at radius 2 is 2.19 bits per heavy atom. The van der Waals surface area contributed by atoms with Crippen molar-refractivity contribution in [2.45, 2.75) is 0 Å². The topological polar surface area (TPSA) is 67.2 Å². The molecule has 0 spiro atoms. The minimum atomic E-state index is -3.57. The van der Waals surface area contributed by atoms with Gasteiger partial charge in [0.15, 0.2) is 0 Å². The zero-order valence-corrected chi connectivity index (χ0v) is 11.1. The highest BCUT2D eigenvalue weighted by atomic mass is 79.9. The van der Waals surface area contributed by atoms with Crippen molar-refractivity contribution in [3.8, 4) is 11.8 Å². The predicted octanol–water partition coefficient (Wildman–Crippen LogP) is 2.27. The fraction of sp³-hybridized carbons (Fsp3) is 0.222. The van der Waals surface area contributed by atoms with Gasteiger partial charge in [0.05, 0.1) is 11.3 Å². The van der Waals surface area contributed by atoms with Crippen LogP contribution in [0.1, 0.15) is 5.56 Å². The lowest BCUT2D eigenvalue weighted by molar-refractivity contribution is 0.340. The molecule has 4 nitrogen and oxygen atoms in total. The van der Waals surface area contributed by atoms with Crippen molar-refractivity contribution < 1.29 is 13.2 Å². The SMILES string of the molecule is N#Cc1ccc(Br)cc1OCCS(=O)(=O)Cl. The molecule has 0 aliphatic rings. The van der Waals surface area contributed by atoms with Crippen LogP contribution < -0.4 is 4.74 Å². The molecule has 0 aromatic heterocycles. The summed E-state index contributed by atoms with van der Waals surface area (Å²) in [7, 11) is 1.45. The number of nitrogens with zero attached hydrogens (tertiary/aromatic N) is 1. The lowest BCUT2D eigenvalue weighted by atomic mass is 10.2. The molecule has 1 aromatic carbocycles. The second kappa shape index (κ2) is 5.53. The Labute approximate surface area is 106 Å². The Balaban J connectivity index is 2.74. The molecule has 0 N–H and O–H groups in total. The van der Waals surface area contributed by atoms with Gasteiger partial charge in [-0.1, -0.05) is 15.9 Å². The van der Waals surface area contributed by atoms with Crippen LogP contribution >= 0.6 is 26.6 Å². The fourth-order valence-corrected chi connectivity index (χ4v) is 1.77. The summed E-state index contributed by atoms with van der Waals surface area (Å²) >= 11 is 3.22. The van der Waals surface area contributed by atoms with Crippen LogP contribution in [-0.4, -0.2) is 20.8 Å². The van der Waals surface area contributed by atoms with Gasteiger partial charge in [0.2, 0.25) is 9.05 Å². The van der Waals surface area contributed by atoms with Gasteiger partial charge >= 0.3 is 0 Å². The number of hydrogen-bond donors (Lipinski definition) is 0. The van der Waals surface area contributed by atoms with Gasteiger partial charge in [-0.3, -0.25) is 0 Å². The molecule has 0 amide bonds. The van der Waals surface area contributed by atoms with Gasteiger partial charge in [0, 0.05) is 15.2 Å². The molecule has 86 valence electrons.